The minimum Gasteiger partial charge on any atom is -0.444 e. The van der Waals surface area contributed by atoms with Crippen LogP contribution in [0, 0.1) is 3.57 Å². The van der Waals surface area contributed by atoms with Crippen molar-refractivity contribution in [3.8, 4) is 0 Å². The Kier molecular flexibility index (Phi) is 7.16. The summed E-state index contributed by atoms with van der Waals surface area (Å²) in [5, 5.41) is 6.46. The minimum atomic E-state index is -0.538. The Bertz CT molecular complexity index is 1280. The van der Waals surface area contributed by atoms with Crippen molar-refractivity contribution in [2.45, 2.75) is 32.9 Å². The van der Waals surface area contributed by atoms with Crippen molar-refractivity contribution in [1.29, 1.82) is 0 Å². The van der Waals surface area contributed by atoms with Gasteiger partial charge < -0.3 is 20.3 Å². The minimum absolute atomic E-state index is 0.135. The van der Waals surface area contributed by atoms with Gasteiger partial charge in [-0.1, -0.05) is 48.5 Å². The number of fused-ring (bicyclic) bond motifs is 1. The quantitative estimate of drug-likeness (QED) is 0.264. The van der Waals surface area contributed by atoms with Gasteiger partial charge in [-0.15, -0.1) is 0 Å². The number of anilines is 2. The number of nitrogens with one attached hydrogen (secondary N) is 2. The summed E-state index contributed by atoms with van der Waals surface area (Å²) in [6.45, 7) is 5.97. The van der Waals surface area contributed by atoms with Gasteiger partial charge in [-0.25, -0.2) is 4.79 Å². The van der Waals surface area contributed by atoms with Crippen molar-refractivity contribution in [2.75, 3.05) is 17.7 Å². The maximum Gasteiger partial charge on any atom is 0.410 e. The molecule has 3 aromatic carbocycles. The predicted octanol–water partition coefficient (Wildman–Crippen LogP) is 6.59. The highest BCUT2D eigenvalue weighted by Gasteiger charge is 2.28. The van der Waals surface area contributed by atoms with Crippen molar-refractivity contribution in [3.05, 3.63) is 93.1 Å². The summed E-state index contributed by atoms with van der Waals surface area (Å²) in [6.07, 6.45) is -0.364. The first-order chi connectivity index (χ1) is 16.6. The average Bonchev–Trinajstić information content (AvgIpc) is 3.12. The molecule has 6 nitrogen and oxygen atoms in total. The highest BCUT2D eigenvalue weighted by Crippen LogP contribution is 2.38. The van der Waals surface area contributed by atoms with Gasteiger partial charge in [0, 0.05) is 28.4 Å². The van der Waals surface area contributed by atoms with E-state index in [1.165, 1.54) is 0 Å². The number of hydrogen-bond donors (Lipinski definition) is 2. The van der Waals surface area contributed by atoms with Crippen LogP contribution in [0.3, 0.4) is 0 Å². The molecule has 1 heterocycles. The summed E-state index contributed by atoms with van der Waals surface area (Å²) in [5.41, 5.74) is 5.22. The van der Waals surface area contributed by atoms with Crippen LogP contribution in [0.25, 0.3) is 11.3 Å². The molecule has 1 aliphatic rings. The first kappa shape index (κ1) is 24.8. The number of nitrogens with zero attached hydrogens (tertiary/aromatic N) is 1. The normalized spacial score (nSPS) is 14.1. The maximum absolute atomic E-state index is 13.0. The van der Waals surface area contributed by atoms with Gasteiger partial charge in [0.1, 0.15) is 5.60 Å². The largest absolute Gasteiger partial charge is 0.444 e. The number of carbonyl (C=O) groups excluding carboxylic acids is 2. The molecule has 0 aliphatic carbocycles. The summed E-state index contributed by atoms with van der Waals surface area (Å²) in [4.78, 5) is 26.9. The monoisotopic (exact) mass is 581 g/mol. The van der Waals surface area contributed by atoms with E-state index in [0.29, 0.717) is 12.1 Å². The fourth-order valence-electron chi connectivity index (χ4n) is 3.79. The standard InChI is InChI=1S/C28H28IN3O3/c1-28(2,3)35-27(34)32(4)17-18-10-13-21(14-11-18)30-25(19-8-6-5-7-9-19)24-22-15-12-20(29)16-23(22)31-26(24)33/h5-16,30H,17H2,1-4H3,(H,31,33)/b25-24-. The van der Waals surface area contributed by atoms with E-state index in [9.17, 15) is 9.59 Å². The Hall–Kier alpha value is -3.33. The second-order valence-corrected chi connectivity index (χ2v) is 10.7. The molecule has 0 atom stereocenters. The zero-order chi connectivity index (χ0) is 25.2. The maximum atomic E-state index is 13.0. The number of halogens is 1. The topological polar surface area (TPSA) is 70.7 Å². The summed E-state index contributed by atoms with van der Waals surface area (Å²) in [6, 6.07) is 23.6. The van der Waals surface area contributed by atoms with Crippen LogP contribution in [0.5, 0.6) is 0 Å². The Morgan fingerprint density at radius 3 is 2.37 bits per heavy atom. The molecule has 35 heavy (non-hydrogen) atoms. The van der Waals surface area contributed by atoms with Crippen LogP contribution >= 0.6 is 22.6 Å². The van der Waals surface area contributed by atoms with Crippen LogP contribution in [0.2, 0.25) is 0 Å². The number of hydrogen-bond acceptors (Lipinski definition) is 4. The van der Waals surface area contributed by atoms with Gasteiger partial charge in [-0.05, 0) is 78.8 Å². The molecule has 2 N–H and O–H groups in total. The van der Waals surface area contributed by atoms with Gasteiger partial charge in [0.15, 0.2) is 0 Å². The molecule has 1 aliphatic heterocycles. The zero-order valence-electron chi connectivity index (χ0n) is 20.2. The Morgan fingerprint density at radius 1 is 1.03 bits per heavy atom. The van der Waals surface area contributed by atoms with E-state index in [2.05, 4.69) is 33.2 Å². The summed E-state index contributed by atoms with van der Waals surface area (Å²) >= 11 is 2.24. The van der Waals surface area contributed by atoms with Crippen molar-refractivity contribution >= 4 is 57.2 Å². The van der Waals surface area contributed by atoms with Gasteiger partial charge in [0.25, 0.3) is 5.91 Å². The van der Waals surface area contributed by atoms with Crippen LogP contribution in [0.1, 0.15) is 37.5 Å². The van der Waals surface area contributed by atoms with Crippen LogP contribution in [0.4, 0.5) is 16.2 Å². The lowest BCUT2D eigenvalue weighted by molar-refractivity contribution is -0.110. The van der Waals surface area contributed by atoms with Gasteiger partial charge in [-0.2, -0.15) is 0 Å². The molecular formula is C28H28IN3O3. The Labute approximate surface area is 219 Å². The number of benzene rings is 3. The zero-order valence-corrected chi connectivity index (χ0v) is 22.3. The number of ether oxygens (including phenoxy) is 1. The molecule has 0 bridgehead atoms. The fraction of sp³-hybridized carbons (Fsp3) is 0.214. The summed E-state index contributed by atoms with van der Waals surface area (Å²) < 4.78 is 6.49. The van der Waals surface area contributed by atoms with Crippen LogP contribution in [0.15, 0.2) is 72.8 Å². The molecule has 0 aromatic heterocycles. The third kappa shape index (κ3) is 6.03. The molecule has 0 fully saturated rings. The highest BCUT2D eigenvalue weighted by atomic mass is 127. The van der Waals surface area contributed by atoms with E-state index < -0.39 is 5.60 Å². The SMILES string of the molecule is CN(Cc1ccc(N/C(=C2\C(=O)Nc3cc(I)ccc32)c2ccccc2)cc1)C(=O)OC(C)(C)C. The molecule has 3 aromatic rings. The van der Waals surface area contributed by atoms with Crippen LogP contribution in [-0.2, 0) is 16.1 Å². The van der Waals surface area contributed by atoms with Crippen molar-refractivity contribution in [3.63, 3.8) is 0 Å². The van der Waals surface area contributed by atoms with Gasteiger partial charge in [0.2, 0.25) is 0 Å². The first-order valence-electron chi connectivity index (χ1n) is 11.3. The lowest BCUT2D eigenvalue weighted by atomic mass is 10.00. The third-order valence-corrected chi connectivity index (χ3v) is 6.06. The van der Waals surface area contributed by atoms with E-state index in [1.807, 2.05) is 93.6 Å². The summed E-state index contributed by atoms with van der Waals surface area (Å²) in [7, 11) is 1.72. The Balaban J connectivity index is 1.61. The van der Waals surface area contributed by atoms with E-state index in [1.54, 1.807) is 11.9 Å². The molecule has 4 rings (SSSR count). The smallest absolute Gasteiger partial charge is 0.410 e. The van der Waals surface area contributed by atoms with Gasteiger partial charge in [-0.3, -0.25) is 4.79 Å². The van der Waals surface area contributed by atoms with Crippen molar-refractivity contribution < 1.29 is 14.3 Å². The van der Waals surface area contributed by atoms with E-state index >= 15 is 0 Å². The molecule has 0 saturated carbocycles. The molecular weight excluding hydrogens is 553 g/mol. The molecule has 180 valence electrons. The second kappa shape index (κ2) is 10.1. The lowest BCUT2D eigenvalue weighted by Gasteiger charge is -2.24. The van der Waals surface area contributed by atoms with Crippen molar-refractivity contribution in [2.24, 2.45) is 0 Å². The molecule has 2 amide bonds. The second-order valence-electron chi connectivity index (χ2n) is 9.42. The molecule has 0 saturated heterocycles. The summed E-state index contributed by atoms with van der Waals surface area (Å²) in [5.74, 6) is -0.135. The lowest BCUT2D eigenvalue weighted by Crippen LogP contribution is -2.33. The van der Waals surface area contributed by atoms with Crippen molar-refractivity contribution in [1.82, 2.24) is 4.90 Å². The van der Waals surface area contributed by atoms with E-state index in [4.69, 9.17) is 4.74 Å². The van der Waals surface area contributed by atoms with Crippen LogP contribution < -0.4 is 10.6 Å². The van der Waals surface area contributed by atoms with E-state index in [-0.39, 0.29) is 12.0 Å². The molecule has 7 heteroatoms. The first-order valence-corrected chi connectivity index (χ1v) is 12.4. The highest BCUT2D eigenvalue weighted by molar-refractivity contribution is 14.1. The Morgan fingerprint density at radius 2 is 1.71 bits per heavy atom. The van der Waals surface area contributed by atoms with Gasteiger partial charge in [0.05, 0.1) is 17.0 Å². The molecule has 0 radical (unpaired) electrons. The van der Waals surface area contributed by atoms with E-state index in [0.717, 1.165) is 37.3 Å². The number of amides is 2. The number of carbonyl (C=O) groups is 2. The molecule has 0 spiro atoms. The third-order valence-electron chi connectivity index (χ3n) is 5.39. The van der Waals surface area contributed by atoms with Gasteiger partial charge >= 0.3 is 6.09 Å². The number of rotatable bonds is 5. The predicted molar refractivity (Wildman–Crippen MR) is 149 cm³/mol. The average molecular weight is 581 g/mol. The van der Waals surface area contributed by atoms with Crippen LogP contribution in [-0.4, -0.2) is 29.5 Å². The molecule has 0 unspecified atom stereocenters. The fourth-order valence-corrected chi connectivity index (χ4v) is 4.28.